The maximum atomic E-state index is 12.6. The summed E-state index contributed by atoms with van der Waals surface area (Å²) in [5.74, 6) is 0.239. The van der Waals surface area contributed by atoms with Gasteiger partial charge in [-0.1, -0.05) is 11.6 Å². The van der Waals surface area contributed by atoms with Crippen molar-refractivity contribution < 1.29 is 18.0 Å². The van der Waals surface area contributed by atoms with Crippen molar-refractivity contribution in [2.75, 3.05) is 31.1 Å². The molecular formula is C16H14ClF3N4O. The first-order chi connectivity index (χ1) is 11.8. The van der Waals surface area contributed by atoms with Crippen LogP contribution in [0.1, 0.15) is 16.1 Å². The second-order valence-corrected chi connectivity index (χ2v) is 5.98. The summed E-state index contributed by atoms with van der Waals surface area (Å²) in [4.78, 5) is 23.8. The highest BCUT2D eigenvalue weighted by atomic mass is 35.5. The minimum absolute atomic E-state index is 0.220. The van der Waals surface area contributed by atoms with Crippen LogP contribution in [0.5, 0.6) is 0 Å². The number of amides is 1. The van der Waals surface area contributed by atoms with E-state index in [2.05, 4.69) is 9.97 Å². The molecule has 0 saturated carbocycles. The zero-order chi connectivity index (χ0) is 18.0. The average Bonchev–Trinajstić information content (AvgIpc) is 2.61. The minimum Gasteiger partial charge on any atom is -0.353 e. The van der Waals surface area contributed by atoms with Gasteiger partial charge in [-0.3, -0.25) is 9.78 Å². The first kappa shape index (κ1) is 17.5. The molecule has 5 nitrogen and oxygen atoms in total. The Hall–Kier alpha value is -2.35. The molecule has 0 bridgehead atoms. The maximum Gasteiger partial charge on any atom is 0.417 e. The Morgan fingerprint density at radius 3 is 2.36 bits per heavy atom. The van der Waals surface area contributed by atoms with Crippen molar-refractivity contribution in [2.24, 2.45) is 0 Å². The van der Waals surface area contributed by atoms with Crippen LogP contribution in [0.15, 0.2) is 36.7 Å². The zero-order valence-corrected chi connectivity index (χ0v) is 13.8. The van der Waals surface area contributed by atoms with Gasteiger partial charge in [-0.05, 0) is 24.3 Å². The van der Waals surface area contributed by atoms with E-state index in [0.29, 0.717) is 37.0 Å². The van der Waals surface area contributed by atoms with E-state index < -0.39 is 11.7 Å². The fourth-order valence-corrected chi connectivity index (χ4v) is 2.72. The number of halogens is 4. The van der Waals surface area contributed by atoms with Gasteiger partial charge in [-0.25, -0.2) is 4.98 Å². The molecule has 3 rings (SSSR count). The molecule has 0 unspecified atom stereocenters. The number of rotatable bonds is 2. The van der Waals surface area contributed by atoms with Gasteiger partial charge in [0.1, 0.15) is 11.5 Å². The van der Waals surface area contributed by atoms with Crippen molar-refractivity contribution in [3.05, 3.63) is 52.9 Å². The maximum absolute atomic E-state index is 12.6. The molecule has 1 saturated heterocycles. The summed E-state index contributed by atoms with van der Waals surface area (Å²) in [5.41, 5.74) is -0.509. The SMILES string of the molecule is O=C(c1cc(Cl)ccn1)N1CCN(c2ccc(C(F)(F)F)cn2)CC1. The zero-order valence-electron chi connectivity index (χ0n) is 13.0. The smallest absolute Gasteiger partial charge is 0.353 e. The van der Waals surface area contributed by atoms with E-state index in [4.69, 9.17) is 11.6 Å². The summed E-state index contributed by atoms with van der Waals surface area (Å²) in [6.07, 6.45) is -2.11. The third kappa shape index (κ3) is 4.01. The summed E-state index contributed by atoms with van der Waals surface area (Å²) in [6, 6.07) is 5.45. The van der Waals surface area contributed by atoms with Crippen LogP contribution in [0.3, 0.4) is 0 Å². The molecular weight excluding hydrogens is 357 g/mol. The van der Waals surface area contributed by atoms with Gasteiger partial charge >= 0.3 is 6.18 Å². The van der Waals surface area contributed by atoms with Crippen molar-refractivity contribution in [3.63, 3.8) is 0 Å². The quantitative estimate of drug-likeness (QED) is 0.815. The Labute approximate surface area is 147 Å². The van der Waals surface area contributed by atoms with E-state index in [9.17, 15) is 18.0 Å². The lowest BCUT2D eigenvalue weighted by Gasteiger charge is -2.35. The molecule has 25 heavy (non-hydrogen) atoms. The summed E-state index contributed by atoms with van der Waals surface area (Å²) in [5, 5.41) is 0.436. The highest BCUT2D eigenvalue weighted by molar-refractivity contribution is 6.30. The van der Waals surface area contributed by atoms with E-state index in [1.807, 2.05) is 4.90 Å². The van der Waals surface area contributed by atoms with Gasteiger partial charge in [0.2, 0.25) is 0 Å². The third-order valence-electron chi connectivity index (χ3n) is 3.91. The molecule has 132 valence electrons. The fraction of sp³-hybridized carbons (Fsp3) is 0.312. The number of carbonyl (C=O) groups is 1. The number of piperazine rings is 1. The van der Waals surface area contributed by atoms with Gasteiger partial charge in [0, 0.05) is 43.6 Å². The number of alkyl halides is 3. The van der Waals surface area contributed by atoms with Crippen LogP contribution in [0.2, 0.25) is 5.02 Å². The summed E-state index contributed by atoms with van der Waals surface area (Å²) >= 11 is 5.87. The number of hydrogen-bond acceptors (Lipinski definition) is 4. The Morgan fingerprint density at radius 2 is 1.80 bits per heavy atom. The van der Waals surface area contributed by atoms with E-state index in [-0.39, 0.29) is 11.6 Å². The van der Waals surface area contributed by atoms with E-state index >= 15 is 0 Å². The number of hydrogen-bond donors (Lipinski definition) is 0. The van der Waals surface area contributed by atoms with E-state index in [1.54, 1.807) is 11.0 Å². The van der Waals surface area contributed by atoms with E-state index in [0.717, 1.165) is 12.3 Å². The molecule has 0 atom stereocenters. The van der Waals surface area contributed by atoms with Crippen molar-refractivity contribution in [3.8, 4) is 0 Å². The molecule has 0 aliphatic carbocycles. The molecule has 1 aliphatic heterocycles. The van der Waals surface area contributed by atoms with Crippen LogP contribution in [-0.2, 0) is 6.18 Å². The largest absolute Gasteiger partial charge is 0.417 e. The molecule has 9 heteroatoms. The van der Waals surface area contributed by atoms with Crippen molar-refractivity contribution in [1.29, 1.82) is 0 Å². The Kier molecular flexibility index (Phi) is 4.80. The molecule has 1 fully saturated rings. The van der Waals surface area contributed by atoms with Crippen LogP contribution in [0, 0.1) is 0 Å². The Balaban J connectivity index is 1.63. The van der Waals surface area contributed by atoms with Crippen LogP contribution >= 0.6 is 11.6 Å². The normalized spacial score (nSPS) is 15.4. The lowest BCUT2D eigenvalue weighted by molar-refractivity contribution is -0.137. The monoisotopic (exact) mass is 370 g/mol. The van der Waals surface area contributed by atoms with Gasteiger partial charge in [-0.2, -0.15) is 13.2 Å². The van der Waals surface area contributed by atoms with Gasteiger partial charge in [0.25, 0.3) is 5.91 Å². The molecule has 2 aromatic heterocycles. The second kappa shape index (κ2) is 6.87. The molecule has 1 amide bonds. The van der Waals surface area contributed by atoms with Gasteiger partial charge in [0.15, 0.2) is 0 Å². The standard InChI is InChI=1S/C16H14ClF3N4O/c17-12-3-4-21-13(9-12)15(25)24-7-5-23(6-8-24)14-2-1-11(10-22-14)16(18,19)20/h1-4,9-10H,5-8H2. The number of carbonyl (C=O) groups excluding carboxylic acids is 1. The molecule has 3 heterocycles. The van der Waals surface area contributed by atoms with Crippen molar-refractivity contribution in [2.45, 2.75) is 6.18 Å². The highest BCUT2D eigenvalue weighted by Crippen LogP contribution is 2.29. The fourth-order valence-electron chi connectivity index (χ4n) is 2.56. The number of aromatic nitrogens is 2. The number of anilines is 1. The van der Waals surface area contributed by atoms with Gasteiger partial charge in [-0.15, -0.1) is 0 Å². The Bertz CT molecular complexity index is 759. The van der Waals surface area contributed by atoms with Crippen LogP contribution in [0.4, 0.5) is 19.0 Å². The molecule has 0 radical (unpaired) electrons. The minimum atomic E-state index is -4.40. The molecule has 2 aromatic rings. The summed E-state index contributed by atoms with van der Waals surface area (Å²) in [6.45, 7) is 1.81. The van der Waals surface area contributed by atoms with Gasteiger partial charge < -0.3 is 9.80 Å². The van der Waals surface area contributed by atoms with Crippen LogP contribution in [0.25, 0.3) is 0 Å². The van der Waals surface area contributed by atoms with Gasteiger partial charge in [0.05, 0.1) is 5.56 Å². The first-order valence-corrected chi connectivity index (χ1v) is 7.91. The summed E-state index contributed by atoms with van der Waals surface area (Å²) in [7, 11) is 0. The predicted molar refractivity (Wildman–Crippen MR) is 86.6 cm³/mol. The lowest BCUT2D eigenvalue weighted by Crippen LogP contribution is -2.49. The topological polar surface area (TPSA) is 49.3 Å². The number of pyridine rings is 2. The van der Waals surface area contributed by atoms with Crippen LogP contribution in [-0.4, -0.2) is 47.0 Å². The van der Waals surface area contributed by atoms with Crippen molar-refractivity contribution in [1.82, 2.24) is 14.9 Å². The molecule has 0 aromatic carbocycles. The van der Waals surface area contributed by atoms with Crippen LogP contribution < -0.4 is 4.90 Å². The van der Waals surface area contributed by atoms with Crippen molar-refractivity contribution >= 4 is 23.3 Å². The molecule has 0 N–H and O–H groups in total. The third-order valence-corrected chi connectivity index (χ3v) is 4.14. The summed E-state index contributed by atoms with van der Waals surface area (Å²) < 4.78 is 37.7. The highest BCUT2D eigenvalue weighted by Gasteiger charge is 2.31. The number of nitrogens with zero attached hydrogens (tertiary/aromatic N) is 4. The molecule has 0 spiro atoms. The lowest BCUT2D eigenvalue weighted by atomic mass is 10.2. The Morgan fingerprint density at radius 1 is 1.08 bits per heavy atom. The second-order valence-electron chi connectivity index (χ2n) is 5.54. The predicted octanol–water partition coefficient (Wildman–Crippen LogP) is 3.11. The first-order valence-electron chi connectivity index (χ1n) is 7.53. The van der Waals surface area contributed by atoms with E-state index in [1.165, 1.54) is 18.3 Å². The average molecular weight is 371 g/mol. The molecule has 1 aliphatic rings.